The van der Waals surface area contributed by atoms with Gasteiger partial charge in [0, 0.05) is 25.7 Å². The van der Waals surface area contributed by atoms with Crippen molar-refractivity contribution in [3.05, 3.63) is 24.0 Å². The van der Waals surface area contributed by atoms with E-state index in [9.17, 15) is 14.7 Å². The quantitative estimate of drug-likeness (QED) is 0.871. The molecule has 0 saturated carbocycles. The summed E-state index contributed by atoms with van der Waals surface area (Å²) in [6.07, 6.45) is 5.28. The smallest absolute Gasteiger partial charge is 0.303 e. The first kappa shape index (κ1) is 14.3. The molecule has 1 aromatic heterocycles. The molecule has 108 valence electrons. The van der Waals surface area contributed by atoms with Gasteiger partial charge in [0.25, 0.3) is 5.91 Å². The van der Waals surface area contributed by atoms with Gasteiger partial charge in [0.2, 0.25) is 0 Å². The third-order valence-electron chi connectivity index (χ3n) is 3.54. The minimum absolute atomic E-state index is 0.0321. The number of rotatable bonds is 4. The molecule has 2 heterocycles. The van der Waals surface area contributed by atoms with Gasteiger partial charge in [-0.05, 0) is 31.2 Å². The largest absolute Gasteiger partial charge is 0.506 e. The summed E-state index contributed by atoms with van der Waals surface area (Å²) in [5.74, 6) is -0.761. The van der Waals surface area contributed by atoms with Crippen LogP contribution in [0.2, 0.25) is 0 Å². The minimum atomic E-state index is -0.800. The summed E-state index contributed by atoms with van der Waals surface area (Å²) in [6.45, 7) is 1.24. The molecule has 20 heavy (non-hydrogen) atoms. The molecule has 6 nitrogen and oxygen atoms in total. The van der Waals surface area contributed by atoms with Crippen molar-refractivity contribution >= 4 is 11.9 Å². The Balaban J connectivity index is 1.98. The van der Waals surface area contributed by atoms with Crippen LogP contribution in [0.5, 0.6) is 5.75 Å². The number of nitrogens with zero attached hydrogens (tertiary/aromatic N) is 2. The van der Waals surface area contributed by atoms with Crippen LogP contribution in [0.4, 0.5) is 0 Å². The summed E-state index contributed by atoms with van der Waals surface area (Å²) < 4.78 is 0. The average molecular weight is 278 g/mol. The Labute approximate surface area is 117 Å². The van der Waals surface area contributed by atoms with E-state index in [1.54, 1.807) is 4.90 Å². The van der Waals surface area contributed by atoms with Gasteiger partial charge < -0.3 is 15.1 Å². The van der Waals surface area contributed by atoms with Gasteiger partial charge in [-0.25, -0.2) is 0 Å². The van der Waals surface area contributed by atoms with Crippen LogP contribution in [0.3, 0.4) is 0 Å². The summed E-state index contributed by atoms with van der Waals surface area (Å²) in [6, 6.07) is 1.40. The van der Waals surface area contributed by atoms with Crippen molar-refractivity contribution in [2.45, 2.75) is 25.7 Å². The fourth-order valence-corrected chi connectivity index (χ4v) is 2.54. The molecule has 0 radical (unpaired) electrons. The molecule has 0 aromatic carbocycles. The highest BCUT2D eigenvalue weighted by atomic mass is 16.4. The van der Waals surface area contributed by atoms with Crippen molar-refractivity contribution in [3.63, 3.8) is 0 Å². The van der Waals surface area contributed by atoms with Gasteiger partial charge in [-0.15, -0.1) is 0 Å². The van der Waals surface area contributed by atoms with Crippen molar-refractivity contribution in [2.24, 2.45) is 5.92 Å². The maximum Gasteiger partial charge on any atom is 0.303 e. The number of aromatic hydroxyl groups is 1. The number of hydrogen-bond acceptors (Lipinski definition) is 4. The predicted molar refractivity (Wildman–Crippen MR) is 71.4 cm³/mol. The molecule has 2 rings (SSSR count). The molecule has 1 aliphatic rings. The minimum Gasteiger partial charge on any atom is -0.506 e. The number of aromatic nitrogens is 1. The van der Waals surface area contributed by atoms with Crippen LogP contribution in [-0.4, -0.2) is 45.1 Å². The van der Waals surface area contributed by atoms with Crippen molar-refractivity contribution in [3.8, 4) is 5.75 Å². The SMILES string of the molecule is O=C(O)CCC1CCCN(C(=O)c2cncc(O)c2)C1. The van der Waals surface area contributed by atoms with Crippen LogP contribution >= 0.6 is 0 Å². The van der Waals surface area contributed by atoms with E-state index in [2.05, 4.69) is 4.98 Å². The van der Waals surface area contributed by atoms with Crippen LogP contribution in [0, 0.1) is 5.92 Å². The number of amides is 1. The van der Waals surface area contributed by atoms with E-state index in [4.69, 9.17) is 5.11 Å². The van der Waals surface area contributed by atoms with Crippen molar-refractivity contribution < 1.29 is 19.8 Å². The Bertz CT molecular complexity index is 504. The summed E-state index contributed by atoms with van der Waals surface area (Å²) >= 11 is 0. The first-order valence-corrected chi connectivity index (χ1v) is 6.71. The topological polar surface area (TPSA) is 90.7 Å². The highest BCUT2D eigenvalue weighted by Crippen LogP contribution is 2.23. The predicted octanol–water partition coefficient (Wildman–Crippen LogP) is 1.50. The molecule has 1 amide bonds. The number of pyridine rings is 1. The Morgan fingerprint density at radius 1 is 1.40 bits per heavy atom. The third kappa shape index (κ3) is 3.69. The first-order valence-electron chi connectivity index (χ1n) is 6.71. The monoisotopic (exact) mass is 278 g/mol. The highest BCUT2D eigenvalue weighted by Gasteiger charge is 2.25. The lowest BCUT2D eigenvalue weighted by atomic mass is 9.93. The number of hydrogen-bond donors (Lipinski definition) is 2. The van der Waals surface area contributed by atoms with Gasteiger partial charge >= 0.3 is 5.97 Å². The van der Waals surface area contributed by atoms with Crippen molar-refractivity contribution in [2.75, 3.05) is 13.1 Å². The number of carbonyl (C=O) groups excluding carboxylic acids is 1. The molecule has 1 unspecified atom stereocenters. The second kappa shape index (κ2) is 6.36. The van der Waals surface area contributed by atoms with E-state index in [1.165, 1.54) is 18.5 Å². The van der Waals surface area contributed by atoms with E-state index in [1.807, 2.05) is 0 Å². The summed E-state index contributed by atoms with van der Waals surface area (Å²) in [4.78, 5) is 28.4. The number of likely N-dealkylation sites (tertiary alicyclic amines) is 1. The highest BCUT2D eigenvalue weighted by molar-refractivity contribution is 5.94. The van der Waals surface area contributed by atoms with E-state index >= 15 is 0 Å². The Hall–Kier alpha value is -2.11. The van der Waals surface area contributed by atoms with Gasteiger partial charge in [0.05, 0.1) is 11.8 Å². The molecule has 6 heteroatoms. The molecular formula is C14H18N2O4. The molecule has 0 bridgehead atoms. The zero-order valence-electron chi connectivity index (χ0n) is 11.2. The summed E-state index contributed by atoms with van der Waals surface area (Å²) in [7, 11) is 0. The zero-order chi connectivity index (χ0) is 14.5. The lowest BCUT2D eigenvalue weighted by Crippen LogP contribution is -2.40. The number of piperidine rings is 1. The lowest BCUT2D eigenvalue weighted by molar-refractivity contribution is -0.137. The average Bonchev–Trinajstić information content (AvgIpc) is 2.44. The fraction of sp³-hybridized carbons (Fsp3) is 0.500. The Morgan fingerprint density at radius 3 is 2.90 bits per heavy atom. The van der Waals surface area contributed by atoms with Gasteiger partial charge in [0.1, 0.15) is 5.75 Å². The molecule has 0 aliphatic carbocycles. The molecule has 2 N–H and O–H groups in total. The second-order valence-electron chi connectivity index (χ2n) is 5.12. The van der Waals surface area contributed by atoms with Gasteiger partial charge in [-0.1, -0.05) is 0 Å². The van der Waals surface area contributed by atoms with Crippen LogP contribution in [-0.2, 0) is 4.79 Å². The van der Waals surface area contributed by atoms with E-state index < -0.39 is 5.97 Å². The van der Waals surface area contributed by atoms with Crippen LogP contribution < -0.4 is 0 Å². The van der Waals surface area contributed by atoms with Crippen LogP contribution in [0.1, 0.15) is 36.0 Å². The van der Waals surface area contributed by atoms with Gasteiger partial charge in [-0.2, -0.15) is 0 Å². The maximum atomic E-state index is 12.3. The van der Waals surface area contributed by atoms with Crippen molar-refractivity contribution in [1.29, 1.82) is 0 Å². The van der Waals surface area contributed by atoms with Crippen LogP contribution in [0.15, 0.2) is 18.5 Å². The number of aliphatic carboxylic acids is 1. The molecule has 1 aliphatic heterocycles. The zero-order valence-corrected chi connectivity index (χ0v) is 11.2. The first-order chi connectivity index (χ1) is 9.56. The molecule has 1 atom stereocenters. The van der Waals surface area contributed by atoms with Crippen LogP contribution in [0.25, 0.3) is 0 Å². The Kier molecular flexibility index (Phi) is 4.55. The molecule has 0 spiro atoms. The second-order valence-corrected chi connectivity index (χ2v) is 5.12. The van der Waals surface area contributed by atoms with Gasteiger partial charge in [-0.3, -0.25) is 14.6 Å². The van der Waals surface area contributed by atoms with Crippen molar-refractivity contribution in [1.82, 2.24) is 9.88 Å². The maximum absolute atomic E-state index is 12.3. The third-order valence-corrected chi connectivity index (χ3v) is 3.54. The number of carboxylic acids is 1. The molecule has 1 fully saturated rings. The molecule has 1 aromatic rings. The number of carboxylic acid groups (broad SMARTS) is 1. The normalized spacial score (nSPS) is 18.8. The summed E-state index contributed by atoms with van der Waals surface area (Å²) in [5.41, 5.74) is 0.365. The molecular weight excluding hydrogens is 260 g/mol. The standard InChI is InChI=1S/C14H18N2O4/c17-12-6-11(7-15-8-12)14(20)16-5-1-2-10(9-16)3-4-13(18)19/h6-8,10,17H,1-5,9H2,(H,18,19). The van der Waals surface area contributed by atoms with E-state index in [-0.39, 0.29) is 24.0 Å². The van der Waals surface area contributed by atoms with Gasteiger partial charge in [0.15, 0.2) is 0 Å². The van der Waals surface area contributed by atoms with E-state index in [0.29, 0.717) is 25.1 Å². The lowest BCUT2D eigenvalue weighted by Gasteiger charge is -2.32. The Morgan fingerprint density at radius 2 is 2.20 bits per heavy atom. The summed E-state index contributed by atoms with van der Waals surface area (Å²) in [5, 5.41) is 18.1. The fourth-order valence-electron chi connectivity index (χ4n) is 2.54. The number of carbonyl (C=O) groups is 2. The van der Waals surface area contributed by atoms with E-state index in [0.717, 1.165) is 12.8 Å². The molecule has 1 saturated heterocycles.